The van der Waals surface area contributed by atoms with Gasteiger partial charge in [0.05, 0.1) is 16.9 Å². The maximum Gasteiger partial charge on any atom is 0.416 e. The molecule has 0 bridgehead atoms. The lowest BCUT2D eigenvalue weighted by Gasteiger charge is -2.13. The molecule has 3 N–H and O–H groups in total. The maximum atomic E-state index is 12.7. The normalized spacial score (nSPS) is 11.4. The number of rotatable bonds is 2. The van der Waals surface area contributed by atoms with Crippen LogP contribution in [0.1, 0.15) is 5.56 Å². The number of halogens is 5. The summed E-state index contributed by atoms with van der Waals surface area (Å²) in [6.45, 7) is 0. The van der Waals surface area contributed by atoms with E-state index in [1.165, 1.54) is 12.1 Å². The third kappa shape index (κ3) is 3.49. The zero-order valence-corrected chi connectivity index (χ0v) is 11.4. The third-order valence-corrected chi connectivity index (χ3v) is 2.97. The zero-order valence-electron chi connectivity index (χ0n) is 9.93. The SMILES string of the molecule is Nc1ccc(Cl)cc1Nc1cc(Cl)cc(C(F)(F)F)c1. The Labute approximate surface area is 123 Å². The van der Waals surface area contributed by atoms with Gasteiger partial charge in [0.1, 0.15) is 0 Å². The van der Waals surface area contributed by atoms with Crippen molar-refractivity contribution >= 4 is 40.3 Å². The highest BCUT2D eigenvalue weighted by Gasteiger charge is 2.31. The average molecular weight is 321 g/mol. The van der Waals surface area contributed by atoms with Crippen molar-refractivity contribution in [1.82, 2.24) is 0 Å². The molecule has 0 fully saturated rings. The molecular weight excluding hydrogens is 312 g/mol. The van der Waals surface area contributed by atoms with Crippen molar-refractivity contribution in [3.05, 3.63) is 52.0 Å². The third-order valence-electron chi connectivity index (χ3n) is 2.52. The van der Waals surface area contributed by atoms with Crippen molar-refractivity contribution in [2.24, 2.45) is 0 Å². The van der Waals surface area contributed by atoms with Crippen molar-refractivity contribution in [2.75, 3.05) is 11.1 Å². The fourth-order valence-corrected chi connectivity index (χ4v) is 2.02. The molecule has 2 aromatic rings. The predicted molar refractivity (Wildman–Crippen MR) is 75.6 cm³/mol. The van der Waals surface area contributed by atoms with Crippen LogP contribution >= 0.6 is 23.2 Å². The van der Waals surface area contributed by atoms with Crippen LogP contribution in [0.2, 0.25) is 10.0 Å². The summed E-state index contributed by atoms with van der Waals surface area (Å²) in [5, 5.41) is 3.16. The van der Waals surface area contributed by atoms with E-state index in [4.69, 9.17) is 28.9 Å². The monoisotopic (exact) mass is 320 g/mol. The molecule has 0 saturated carbocycles. The van der Waals surface area contributed by atoms with Gasteiger partial charge in [-0.3, -0.25) is 0 Å². The van der Waals surface area contributed by atoms with Crippen LogP contribution in [0.4, 0.5) is 30.2 Å². The van der Waals surface area contributed by atoms with Crippen molar-refractivity contribution in [3.63, 3.8) is 0 Å². The molecule has 0 aliphatic heterocycles. The van der Waals surface area contributed by atoms with E-state index in [-0.39, 0.29) is 10.7 Å². The van der Waals surface area contributed by atoms with Crippen molar-refractivity contribution in [2.45, 2.75) is 6.18 Å². The maximum absolute atomic E-state index is 12.7. The Morgan fingerprint density at radius 1 is 0.950 bits per heavy atom. The largest absolute Gasteiger partial charge is 0.416 e. The lowest BCUT2D eigenvalue weighted by Crippen LogP contribution is -2.06. The first kappa shape index (κ1) is 14.8. The number of hydrogen-bond acceptors (Lipinski definition) is 2. The molecule has 106 valence electrons. The van der Waals surface area contributed by atoms with Crippen LogP contribution in [0.15, 0.2) is 36.4 Å². The van der Waals surface area contributed by atoms with Gasteiger partial charge in [-0.15, -0.1) is 0 Å². The Kier molecular flexibility index (Phi) is 4.01. The minimum Gasteiger partial charge on any atom is -0.397 e. The van der Waals surface area contributed by atoms with Gasteiger partial charge in [-0.25, -0.2) is 0 Å². The van der Waals surface area contributed by atoms with Crippen molar-refractivity contribution in [1.29, 1.82) is 0 Å². The summed E-state index contributed by atoms with van der Waals surface area (Å²) in [6, 6.07) is 7.84. The number of nitrogens with two attached hydrogens (primary N) is 1. The first-order chi connectivity index (χ1) is 9.25. The fraction of sp³-hybridized carbons (Fsp3) is 0.0769. The molecule has 0 amide bonds. The van der Waals surface area contributed by atoms with Gasteiger partial charge >= 0.3 is 6.18 Å². The summed E-state index contributed by atoms with van der Waals surface area (Å²) in [5.41, 5.74) is 5.84. The van der Waals surface area contributed by atoms with E-state index in [1.54, 1.807) is 12.1 Å². The van der Waals surface area contributed by atoms with E-state index >= 15 is 0 Å². The molecule has 2 rings (SSSR count). The average Bonchev–Trinajstić information content (AvgIpc) is 2.32. The highest BCUT2D eigenvalue weighted by Crippen LogP contribution is 2.35. The Morgan fingerprint density at radius 3 is 2.30 bits per heavy atom. The van der Waals surface area contributed by atoms with E-state index in [0.29, 0.717) is 16.4 Å². The standard InChI is InChI=1S/C13H9Cl2F3N2/c14-8-1-2-11(19)12(6-8)20-10-4-7(13(16,17)18)3-9(15)5-10/h1-6,20H,19H2. The molecule has 0 spiro atoms. The van der Waals surface area contributed by atoms with Gasteiger partial charge in [0, 0.05) is 15.7 Å². The summed E-state index contributed by atoms with van der Waals surface area (Å²) in [5.74, 6) is 0. The summed E-state index contributed by atoms with van der Waals surface area (Å²) in [6.07, 6.45) is -4.47. The number of hydrogen-bond donors (Lipinski definition) is 2. The lowest BCUT2D eigenvalue weighted by atomic mass is 10.2. The second-order valence-electron chi connectivity index (χ2n) is 4.08. The molecule has 2 nitrogen and oxygen atoms in total. The molecule has 2 aromatic carbocycles. The number of nitrogen functional groups attached to an aromatic ring is 1. The summed E-state index contributed by atoms with van der Waals surface area (Å²) in [4.78, 5) is 0. The summed E-state index contributed by atoms with van der Waals surface area (Å²) < 4.78 is 38.1. The molecule has 0 saturated heterocycles. The molecule has 0 unspecified atom stereocenters. The van der Waals surface area contributed by atoms with Crippen LogP contribution in [0, 0.1) is 0 Å². The smallest absolute Gasteiger partial charge is 0.397 e. The molecule has 0 aliphatic rings. The van der Waals surface area contributed by atoms with Crippen LogP contribution in [0.5, 0.6) is 0 Å². The topological polar surface area (TPSA) is 38.0 Å². The first-order valence-corrected chi connectivity index (χ1v) is 6.21. The van der Waals surface area contributed by atoms with Gasteiger partial charge in [0.2, 0.25) is 0 Å². The minimum absolute atomic E-state index is 0.0251. The van der Waals surface area contributed by atoms with E-state index in [1.807, 2.05) is 0 Å². The van der Waals surface area contributed by atoms with E-state index < -0.39 is 11.7 Å². The molecule has 20 heavy (non-hydrogen) atoms. The zero-order chi connectivity index (χ0) is 14.9. The van der Waals surface area contributed by atoms with Crippen LogP contribution in [-0.2, 0) is 6.18 Å². The van der Waals surface area contributed by atoms with Crippen LogP contribution < -0.4 is 11.1 Å². The first-order valence-electron chi connectivity index (χ1n) is 5.45. The van der Waals surface area contributed by atoms with E-state index in [9.17, 15) is 13.2 Å². The molecule has 0 aliphatic carbocycles. The summed E-state index contributed by atoms with van der Waals surface area (Å²) >= 11 is 11.5. The predicted octanol–water partition coefficient (Wildman–Crippen LogP) is 5.34. The number of anilines is 3. The Morgan fingerprint density at radius 2 is 1.65 bits per heavy atom. The second kappa shape index (κ2) is 5.42. The van der Waals surface area contributed by atoms with Crippen LogP contribution in [-0.4, -0.2) is 0 Å². The second-order valence-corrected chi connectivity index (χ2v) is 4.96. The lowest BCUT2D eigenvalue weighted by molar-refractivity contribution is -0.137. The minimum atomic E-state index is -4.47. The highest BCUT2D eigenvalue weighted by molar-refractivity contribution is 6.31. The highest BCUT2D eigenvalue weighted by atomic mass is 35.5. The van der Waals surface area contributed by atoms with Gasteiger partial charge < -0.3 is 11.1 Å². The van der Waals surface area contributed by atoms with Crippen LogP contribution in [0.3, 0.4) is 0 Å². The van der Waals surface area contributed by atoms with Gasteiger partial charge in [-0.1, -0.05) is 23.2 Å². The number of benzene rings is 2. The fourth-order valence-electron chi connectivity index (χ4n) is 1.62. The Balaban J connectivity index is 2.39. The van der Waals surface area contributed by atoms with Gasteiger partial charge in [-0.05, 0) is 36.4 Å². The van der Waals surface area contributed by atoms with Crippen LogP contribution in [0.25, 0.3) is 0 Å². The number of alkyl halides is 3. The quantitative estimate of drug-likeness (QED) is 0.733. The molecule has 0 heterocycles. The van der Waals surface area contributed by atoms with Gasteiger partial charge in [0.15, 0.2) is 0 Å². The Bertz CT molecular complexity index is 642. The van der Waals surface area contributed by atoms with Gasteiger partial charge in [0.25, 0.3) is 0 Å². The van der Waals surface area contributed by atoms with Crippen molar-refractivity contribution in [3.8, 4) is 0 Å². The van der Waals surface area contributed by atoms with Crippen molar-refractivity contribution < 1.29 is 13.2 Å². The molecule has 0 aromatic heterocycles. The van der Waals surface area contributed by atoms with E-state index in [0.717, 1.165) is 12.1 Å². The Hall–Kier alpha value is -1.59. The molecule has 0 atom stereocenters. The molecule has 7 heteroatoms. The summed E-state index contributed by atoms with van der Waals surface area (Å²) in [7, 11) is 0. The number of nitrogens with one attached hydrogen (secondary N) is 1. The molecule has 0 radical (unpaired) electrons. The van der Waals surface area contributed by atoms with E-state index in [2.05, 4.69) is 5.32 Å². The molecular formula is C13H9Cl2F3N2. The van der Waals surface area contributed by atoms with Gasteiger partial charge in [-0.2, -0.15) is 13.2 Å².